The maximum Gasteiger partial charge on any atom is 0.253 e. The summed E-state index contributed by atoms with van der Waals surface area (Å²) in [6, 6.07) is 8.32. The van der Waals surface area contributed by atoms with Crippen LogP contribution in [0.25, 0.3) is 5.78 Å². The largest absolute Gasteiger partial charge is 0.294 e. The molecule has 6 heteroatoms. The summed E-state index contributed by atoms with van der Waals surface area (Å²) in [4.78, 5) is 21.3. The highest BCUT2D eigenvalue weighted by Gasteiger charge is 2.33. The molecular formula is C19H20N4OS. The number of hydrogen-bond donors (Lipinski definition) is 0. The molecule has 0 fully saturated rings. The lowest BCUT2D eigenvalue weighted by atomic mass is 9.76. The molecule has 2 aromatic heterocycles. The molecule has 0 radical (unpaired) electrons. The van der Waals surface area contributed by atoms with Gasteiger partial charge < -0.3 is 0 Å². The van der Waals surface area contributed by atoms with E-state index in [-0.39, 0.29) is 11.2 Å². The topological polar surface area (TPSA) is 60.1 Å². The molecule has 0 atom stereocenters. The molecule has 0 aliphatic heterocycles. The van der Waals surface area contributed by atoms with Gasteiger partial charge in [-0.25, -0.2) is 4.98 Å². The number of rotatable bonds is 3. The van der Waals surface area contributed by atoms with E-state index >= 15 is 0 Å². The first-order valence-electron chi connectivity index (χ1n) is 8.38. The summed E-state index contributed by atoms with van der Waals surface area (Å²) in [6.07, 6.45) is 3.02. The highest BCUT2D eigenvalue weighted by atomic mass is 32.2. The minimum atomic E-state index is -0.0568. The van der Waals surface area contributed by atoms with E-state index in [0.717, 1.165) is 17.9 Å². The fraction of sp³-hybridized carbons (Fsp3) is 0.368. The average molecular weight is 352 g/mol. The highest BCUT2D eigenvalue weighted by Crippen LogP contribution is 2.34. The predicted molar refractivity (Wildman–Crippen MR) is 98.0 cm³/mol. The third kappa shape index (κ3) is 3.06. The Balaban J connectivity index is 1.67. The van der Waals surface area contributed by atoms with E-state index in [4.69, 9.17) is 0 Å². The van der Waals surface area contributed by atoms with Gasteiger partial charge in [0.25, 0.3) is 5.78 Å². The quantitative estimate of drug-likeness (QED) is 0.670. The third-order valence-corrected chi connectivity index (χ3v) is 5.54. The van der Waals surface area contributed by atoms with E-state index < -0.39 is 0 Å². The lowest BCUT2D eigenvalue weighted by molar-refractivity contribution is 0.0908. The number of aryl methyl sites for hydroxylation is 1. The molecule has 1 aliphatic carbocycles. The van der Waals surface area contributed by atoms with Crippen molar-refractivity contribution in [3.8, 4) is 0 Å². The van der Waals surface area contributed by atoms with Crippen LogP contribution in [0, 0.1) is 12.3 Å². The van der Waals surface area contributed by atoms with Crippen molar-refractivity contribution >= 4 is 23.3 Å². The molecule has 25 heavy (non-hydrogen) atoms. The molecule has 5 nitrogen and oxygen atoms in total. The molecular weight excluding hydrogens is 332 g/mol. The minimum Gasteiger partial charge on any atom is -0.294 e. The number of hydrogen-bond acceptors (Lipinski definition) is 5. The van der Waals surface area contributed by atoms with Crippen LogP contribution >= 0.6 is 11.8 Å². The molecule has 3 aromatic rings. The van der Waals surface area contributed by atoms with Crippen LogP contribution < -0.4 is 0 Å². The summed E-state index contributed by atoms with van der Waals surface area (Å²) < 4.78 is 1.76. The first kappa shape index (κ1) is 16.3. The summed E-state index contributed by atoms with van der Waals surface area (Å²) in [5.41, 5.74) is 4.10. The van der Waals surface area contributed by atoms with Crippen molar-refractivity contribution < 1.29 is 4.79 Å². The molecule has 1 aliphatic rings. The molecule has 0 saturated heterocycles. The lowest BCUT2D eigenvalue weighted by Gasteiger charge is -2.29. The number of carbonyl (C=O) groups excluding carboxylic acids is 1. The number of Topliss-reactive ketones (excluding diaryl/α,β-unsaturated/α-hetero) is 1. The molecule has 0 N–H and O–H groups in total. The Labute approximate surface area is 150 Å². The second-order valence-corrected chi connectivity index (χ2v) is 8.32. The maximum absolute atomic E-state index is 12.4. The predicted octanol–water partition coefficient (Wildman–Crippen LogP) is 3.88. The summed E-state index contributed by atoms with van der Waals surface area (Å²) in [7, 11) is 0. The van der Waals surface area contributed by atoms with E-state index in [0.29, 0.717) is 22.9 Å². The Morgan fingerprint density at radius 2 is 2.04 bits per heavy atom. The second kappa shape index (κ2) is 5.95. The third-order valence-electron chi connectivity index (χ3n) is 4.65. The van der Waals surface area contributed by atoms with E-state index in [1.54, 1.807) is 22.5 Å². The van der Waals surface area contributed by atoms with Gasteiger partial charge in [-0.3, -0.25) is 4.79 Å². The fourth-order valence-corrected chi connectivity index (χ4v) is 4.18. The van der Waals surface area contributed by atoms with Crippen LogP contribution in [-0.2, 0) is 12.2 Å². The van der Waals surface area contributed by atoms with Gasteiger partial charge in [0.1, 0.15) is 0 Å². The summed E-state index contributed by atoms with van der Waals surface area (Å²) in [5, 5.41) is 5.32. The molecule has 0 spiro atoms. The lowest BCUT2D eigenvalue weighted by Crippen LogP contribution is -2.29. The van der Waals surface area contributed by atoms with Crippen LogP contribution in [0.4, 0.5) is 0 Å². The van der Waals surface area contributed by atoms with Crippen molar-refractivity contribution in [2.24, 2.45) is 5.41 Å². The van der Waals surface area contributed by atoms with E-state index in [2.05, 4.69) is 48.0 Å². The Morgan fingerprint density at radius 1 is 1.24 bits per heavy atom. The van der Waals surface area contributed by atoms with Gasteiger partial charge in [0.15, 0.2) is 5.78 Å². The molecule has 128 valence electrons. The van der Waals surface area contributed by atoms with Crippen LogP contribution in [0.3, 0.4) is 0 Å². The summed E-state index contributed by atoms with van der Waals surface area (Å²) in [5.74, 6) is 1.53. The van der Waals surface area contributed by atoms with Gasteiger partial charge in [0.05, 0.1) is 11.3 Å². The molecule has 0 saturated carbocycles. The van der Waals surface area contributed by atoms with Gasteiger partial charge in [0.2, 0.25) is 5.16 Å². The van der Waals surface area contributed by atoms with Crippen LogP contribution in [0.1, 0.15) is 47.4 Å². The van der Waals surface area contributed by atoms with E-state index in [1.165, 1.54) is 11.1 Å². The first-order chi connectivity index (χ1) is 11.9. The van der Waals surface area contributed by atoms with E-state index in [1.807, 2.05) is 12.1 Å². The number of aromatic nitrogens is 4. The van der Waals surface area contributed by atoms with Crippen molar-refractivity contribution in [1.82, 2.24) is 19.6 Å². The minimum absolute atomic E-state index is 0.0568. The van der Waals surface area contributed by atoms with Crippen LogP contribution in [-0.4, -0.2) is 25.4 Å². The molecule has 0 unspecified atom stereocenters. The molecule has 2 heterocycles. The molecule has 1 aromatic carbocycles. The number of nitrogens with zero attached hydrogens (tertiary/aromatic N) is 4. The van der Waals surface area contributed by atoms with Crippen molar-refractivity contribution in [2.45, 2.75) is 44.5 Å². The standard InChI is InChI=1S/C19H20N4OS/c1-12-6-4-5-7-13(12)11-25-18-21-17-20-10-14-15(23(17)22-18)8-19(2,3)9-16(14)24/h4-7,10H,8-9,11H2,1-3H3. The normalized spacial score (nSPS) is 16.2. The van der Waals surface area contributed by atoms with Gasteiger partial charge in [-0.05, 0) is 29.9 Å². The van der Waals surface area contributed by atoms with Crippen LogP contribution in [0.15, 0.2) is 35.6 Å². The van der Waals surface area contributed by atoms with Crippen molar-refractivity contribution in [2.75, 3.05) is 0 Å². The Morgan fingerprint density at radius 3 is 2.84 bits per heavy atom. The smallest absolute Gasteiger partial charge is 0.253 e. The van der Waals surface area contributed by atoms with Crippen LogP contribution in [0.2, 0.25) is 0 Å². The number of ketones is 1. The average Bonchev–Trinajstić information content (AvgIpc) is 2.96. The summed E-state index contributed by atoms with van der Waals surface area (Å²) in [6.45, 7) is 6.34. The SMILES string of the molecule is Cc1ccccc1CSc1nc2ncc3c(n2n1)CC(C)(C)CC3=O. The van der Waals surface area contributed by atoms with Crippen molar-refractivity contribution in [1.29, 1.82) is 0 Å². The van der Waals surface area contributed by atoms with E-state index in [9.17, 15) is 4.79 Å². The second-order valence-electron chi connectivity index (χ2n) is 7.38. The number of thioether (sulfide) groups is 1. The number of fused-ring (bicyclic) bond motifs is 3. The maximum atomic E-state index is 12.4. The fourth-order valence-electron chi connectivity index (χ4n) is 3.29. The van der Waals surface area contributed by atoms with Gasteiger partial charge in [-0.2, -0.15) is 9.50 Å². The van der Waals surface area contributed by atoms with Crippen molar-refractivity contribution in [3.05, 3.63) is 52.8 Å². The number of carbonyl (C=O) groups is 1. The van der Waals surface area contributed by atoms with Gasteiger partial charge in [-0.1, -0.05) is 49.9 Å². The highest BCUT2D eigenvalue weighted by molar-refractivity contribution is 7.98. The monoisotopic (exact) mass is 352 g/mol. The zero-order chi connectivity index (χ0) is 17.6. The van der Waals surface area contributed by atoms with Gasteiger partial charge in [-0.15, -0.1) is 5.10 Å². The van der Waals surface area contributed by atoms with Gasteiger partial charge >= 0.3 is 0 Å². The zero-order valence-corrected chi connectivity index (χ0v) is 15.4. The zero-order valence-electron chi connectivity index (χ0n) is 14.6. The van der Waals surface area contributed by atoms with Crippen molar-refractivity contribution in [3.63, 3.8) is 0 Å². The molecule has 4 rings (SSSR count). The Kier molecular flexibility index (Phi) is 3.87. The Bertz CT molecular complexity index is 977. The first-order valence-corrected chi connectivity index (χ1v) is 9.37. The molecule has 0 bridgehead atoms. The summed E-state index contributed by atoms with van der Waals surface area (Å²) >= 11 is 1.60. The van der Waals surface area contributed by atoms with Crippen LogP contribution in [0.5, 0.6) is 0 Å². The Hall–Kier alpha value is -2.21. The number of benzene rings is 1. The molecule has 0 amide bonds. The van der Waals surface area contributed by atoms with Gasteiger partial charge in [0, 0.05) is 18.4 Å².